The SMILES string of the molecule is N[C@@H](CCC(=O)O)C(=O)OC[C@H]1O[C@@H](n2ccc(NO)nc2=O)[C@H](O)[C@@H]1O. The highest BCUT2D eigenvalue weighted by Gasteiger charge is 2.44. The lowest BCUT2D eigenvalue weighted by molar-refractivity contribution is -0.152. The second kappa shape index (κ2) is 8.88. The fourth-order valence-electron chi connectivity index (χ4n) is 2.43. The molecule has 7 N–H and O–H groups in total. The molecule has 2 heterocycles. The van der Waals surface area contributed by atoms with Gasteiger partial charge in [-0.15, -0.1) is 0 Å². The number of aliphatic hydroxyl groups excluding tert-OH is 2. The number of aliphatic hydroxyl groups is 2. The van der Waals surface area contributed by atoms with E-state index in [-0.39, 0.29) is 18.7 Å². The molecule has 1 aliphatic rings. The number of aliphatic carboxylic acids is 1. The van der Waals surface area contributed by atoms with Crippen LogP contribution >= 0.6 is 0 Å². The Morgan fingerprint density at radius 3 is 2.70 bits per heavy atom. The van der Waals surface area contributed by atoms with Crippen LogP contribution in [0.5, 0.6) is 0 Å². The van der Waals surface area contributed by atoms with Gasteiger partial charge in [-0.3, -0.25) is 24.8 Å². The fourth-order valence-corrected chi connectivity index (χ4v) is 2.43. The molecule has 0 aromatic carbocycles. The summed E-state index contributed by atoms with van der Waals surface area (Å²) in [6.45, 7) is -0.465. The number of ether oxygens (including phenoxy) is 2. The van der Waals surface area contributed by atoms with Crippen LogP contribution in [0.1, 0.15) is 19.1 Å². The Balaban J connectivity index is 1.97. The van der Waals surface area contributed by atoms with E-state index in [9.17, 15) is 24.6 Å². The third-order valence-corrected chi connectivity index (χ3v) is 3.92. The first-order chi connectivity index (χ1) is 12.7. The highest BCUT2D eigenvalue weighted by Crippen LogP contribution is 2.28. The minimum absolute atomic E-state index is 0.120. The number of rotatable bonds is 8. The molecular formula is C14H20N4O9. The molecule has 1 aromatic rings. The molecule has 13 nitrogen and oxygen atoms in total. The third kappa shape index (κ3) is 4.99. The zero-order chi connectivity index (χ0) is 20.1. The fraction of sp³-hybridized carbons (Fsp3) is 0.571. The Kier molecular flexibility index (Phi) is 6.81. The maximum atomic E-state index is 11.9. The molecule has 5 atom stereocenters. The van der Waals surface area contributed by atoms with Crippen LogP contribution in [-0.4, -0.2) is 73.0 Å². The summed E-state index contributed by atoms with van der Waals surface area (Å²) in [4.78, 5) is 37.6. The molecule has 2 rings (SSSR count). The van der Waals surface area contributed by atoms with Crippen LogP contribution in [0.3, 0.4) is 0 Å². The summed E-state index contributed by atoms with van der Waals surface area (Å²) < 4.78 is 11.2. The molecule has 0 unspecified atom stereocenters. The number of carboxylic acids is 1. The van der Waals surface area contributed by atoms with Gasteiger partial charge in [0.2, 0.25) is 0 Å². The maximum absolute atomic E-state index is 11.9. The average Bonchev–Trinajstić information content (AvgIpc) is 2.92. The smallest absolute Gasteiger partial charge is 0.351 e. The molecule has 27 heavy (non-hydrogen) atoms. The first kappa shape index (κ1) is 20.7. The number of carbonyl (C=O) groups is 2. The zero-order valence-electron chi connectivity index (χ0n) is 14.0. The number of nitrogens with two attached hydrogens (primary N) is 1. The van der Waals surface area contributed by atoms with Gasteiger partial charge >= 0.3 is 17.6 Å². The molecule has 0 spiro atoms. The van der Waals surface area contributed by atoms with E-state index in [2.05, 4.69) is 4.98 Å². The summed E-state index contributed by atoms with van der Waals surface area (Å²) in [6, 6.07) is 0.0734. The summed E-state index contributed by atoms with van der Waals surface area (Å²) in [5.74, 6) is -2.12. The summed E-state index contributed by atoms with van der Waals surface area (Å²) in [5, 5.41) is 37.4. The van der Waals surface area contributed by atoms with Crippen LogP contribution in [0.4, 0.5) is 5.82 Å². The highest BCUT2D eigenvalue weighted by molar-refractivity contribution is 5.76. The minimum atomic E-state index is -1.51. The monoisotopic (exact) mass is 388 g/mol. The van der Waals surface area contributed by atoms with Crippen molar-refractivity contribution in [2.24, 2.45) is 5.73 Å². The topological polar surface area (TPSA) is 206 Å². The first-order valence-electron chi connectivity index (χ1n) is 7.89. The lowest BCUT2D eigenvalue weighted by Gasteiger charge is -2.17. The maximum Gasteiger partial charge on any atom is 0.351 e. The van der Waals surface area contributed by atoms with Gasteiger partial charge < -0.3 is 30.5 Å². The zero-order valence-corrected chi connectivity index (χ0v) is 14.0. The molecule has 1 aliphatic heterocycles. The van der Waals surface area contributed by atoms with Crippen molar-refractivity contribution in [3.8, 4) is 0 Å². The molecule has 0 aliphatic carbocycles. The van der Waals surface area contributed by atoms with Gasteiger partial charge in [-0.2, -0.15) is 4.98 Å². The summed E-state index contributed by atoms with van der Waals surface area (Å²) in [5.41, 5.74) is 6.34. The summed E-state index contributed by atoms with van der Waals surface area (Å²) >= 11 is 0. The number of nitrogens with one attached hydrogen (secondary N) is 1. The minimum Gasteiger partial charge on any atom is -0.481 e. The lowest BCUT2D eigenvalue weighted by Crippen LogP contribution is -2.38. The molecule has 1 fully saturated rings. The normalized spacial score (nSPS) is 25.8. The Hall–Kier alpha value is -2.58. The third-order valence-electron chi connectivity index (χ3n) is 3.92. The van der Waals surface area contributed by atoms with Crippen molar-refractivity contribution in [1.82, 2.24) is 9.55 Å². The van der Waals surface area contributed by atoms with Crippen LogP contribution in [0.2, 0.25) is 0 Å². The average molecular weight is 388 g/mol. The standard InChI is InChI=1S/C14H20N4O9/c15-6(1-2-9(19)20)13(23)26-5-7-10(21)11(22)12(27-7)18-4-3-8(17-25)16-14(18)24/h3-4,6-7,10-12,21-22,25H,1-2,5,15H2,(H,19,20)(H,16,17,24)/t6-,7+,10+,11+,12+/m0/s1. The Labute approximate surface area is 151 Å². The molecule has 13 heteroatoms. The molecule has 0 bridgehead atoms. The van der Waals surface area contributed by atoms with Gasteiger partial charge in [0.25, 0.3) is 0 Å². The molecule has 1 aromatic heterocycles. The number of esters is 1. The van der Waals surface area contributed by atoms with E-state index in [0.29, 0.717) is 0 Å². The second-order valence-corrected chi connectivity index (χ2v) is 5.83. The molecule has 0 saturated carbocycles. The van der Waals surface area contributed by atoms with Gasteiger partial charge in [0.1, 0.15) is 31.0 Å². The van der Waals surface area contributed by atoms with Crippen LogP contribution < -0.4 is 16.9 Å². The highest BCUT2D eigenvalue weighted by atomic mass is 16.6. The Bertz CT molecular complexity index is 740. The van der Waals surface area contributed by atoms with Crippen molar-refractivity contribution < 1.29 is 39.6 Å². The van der Waals surface area contributed by atoms with E-state index >= 15 is 0 Å². The van der Waals surface area contributed by atoms with Crippen molar-refractivity contribution in [2.75, 3.05) is 12.1 Å². The first-order valence-corrected chi connectivity index (χ1v) is 7.89. The van der Waals surface area contributed by atoms with E-state index in [1.165, 1.54) is 12.3 Å². The van der Waals surface area contributed by atoms with Gasteiger partial charge in [-0.1, -0.05) is 0 Å². The van der Waals surface area contributed by atoms with Crippen LogP contribution in [0, 0.1) is 0 Å². The molecule has 1 saturated heterocycles. The van der Waals surface area contributed by atoms with Crippen molar-refractivity contribution in [3.63, 3.8) is 0 Å². The van der Waals surface area contributed by atoms with Gasteiger partial charge in [-0.25, -0.2) is 4.79 Å². The van der Waals surface area contributed by atoms with Crippen LogP contribution in [0.25, 0.3) is 0 Å². The number of hydrogen-bond donors (Lipinski definition) is 6. The van der Waals surface area contributed by atoms with Crippen molar-refractivity contribution in [2.45, 2.75) is 43.4 Å². The second-order valence-electron chi connectivity index (χ2n) is 5.83. The number of nitrogens with zero attached hydrogens (tertiary/aromatic N) is 2. The van der Waals surface area contributed by atoms with Gasteiger partial charge in [0.15, 0.2) is 12.0 Å². The number of hydrogen-bond acceptors (Lipinski definition) is 11. The lowest BCUT2D eigenvalue weighted by atomic mass is 10.1. The summed E-state index contributed by atoms with van der Waals surface area (Å²) in [7, 11) is 0. The molecule has 150 valence electrons. The predicted octanol–water partition coefficient (Wildman–Crippen LogP) is -2.60. The van der Waals surface area contributed by atoms with E-state index in [4.69, 9.17) is 25.5 Å². The quantitative estimate of drug-likeness (QED) is 0.200. The molecule has 0 amide bonds. The Morgan fingerprint density at radius 2 is 2.11 bits per heavy atom. The van der Waals surface area contributed by atoms with E-state index < -0.39 is 54.8 Å². The predicted molar refractivity (Wildman–Crippen MR) is 85.6 cm³/mol. The number of anilines is 1. The number of carboxylic acid groups (broad SMARTS) is 1. The van der Waals surface area contributed by atoms with E-state index in [1.54, 1.807) is 5.48 Å². The van der Waals surface area contributed by atoms with Crippen molar-refractivity contribution in [3.05, 3.63) is 22.7 Å². The van der Waals surface area contributed by atoms with Crippen molar-refractivity contribution in [1.29, 1.82) is 0 Å². The van der Waals surface area contributed by atoms with Crippen LogP contribution in [-0.2, 0) is 19.1 Å². The Morgan fingerprint density at radius 1 is 1.41 bits per heavy atom. The van der Waals surface area contributed by atoms with Gasteiger partial charge in [0.05, 0.1) is 0 Å². The number of aromatic nitrogens is 2. The summed E-state index contributed by atoms with van der Waals surface area (Å²) in [6.07, 6.45) is -4.68. The molecule has 0 radical (unpaired) electrons. The van der Waals surface area contributed by atoms with Gasteiger partial charge in [0, 0.05) is 12.6 Å². The largest absolute Gasteiger partial charge is 0.481 e. The van der Waals surface area contributed by atoms with E-state index in [1.807, 2.05) is 0 Å². The van der Waals surface area contributed by atoms with Crippen LogP contribution in [0.15, 0.2) is 17.1 Å². The van der Waals surface area contributed by atoms with E-state index in [0.717, 1.165) is 4.57 Å². The van der Waals surface area contributed by atoms with Crippen molar-refractivity contribution >= 4 is 17.8 Å². The molecular weight excluding hydrogens is 368 g/mol. The van der Waals surface area contributed by atoms with Gasteiger partial charge in [-0.05, 0) is 12.5 Å². The number of carbonyl (C=O) groups excluding carboxylic acids is 1.